The Kier molecular flexibility index (Phi) is 6.41. The average molecular weight is 355 g/mol. The van der Waals surface area contributed by atoms with Crippen LogP contribution < -0.4 is 5.32 Å². The summed E-state index contributed by atoms with van der Waals surface area (Å²) < 4.78 is 2.22. The highest BCUT2D eigenvalue weighted by molar-refractivity contribution is 5.78. The van der Waals surface area contributed by atoms with Crippen molar-refractivity contribution in [1.29, 1.82) is 0 Å². The van der Waals surface area contributed by atoms with Crippen LogP contribution in [-0.2, 0) is 11.3 Å². The molecule has 3 rings (SSSR count). The molecule has 1 aromatic heterocycles. The molecule has 1 N–H and O–H groups in total. The molecule has 1 aliphatic heterocycles. The molecule has 1 fully saturated rings. The fourth-order valence-corrected chi connectivity index (χ4v) is 3.33. The first kappa shape index (κ1) is 18.6. The van der Waals surface area contributed by atoms with Crippen LogP contribution in [-0.4, -0.2) is 70.6 Å². The number of carbonyl (C=O) groups is 1. The largest absolute Gasteiger partial charge is 0.353 e. The Bertz CT molecular complexity index is 689. The van der Waals surface area contributed by atoms with Gasteiger partial charge in [-0.15, -0.1) is 0 Å². The zero-order valence-electron chi connectivity index (χ0n) is 15.8. The van der Waals surface area contributed by atoms with Crippen molar-refractivity contribution in [2.24, 2.45) is 0 Å². The van der Waals surface area contributed by atoms with Crippen molar-refractivity contribution in [2.45, 2.75) is 26.4 Å². The van der Waals surface area contributed by atoms with E-state index in [2.05, 4.69) is 43.0 Å². The molecule has 2 heterocycles. The number of aromatic nitrogens is 2. The highest BCUT2D eigenvalue weighted by atomic mass is 16.2. The van der Waals surface area contributed by atoms with Crippen molar-refractivity contribution in [2.75, 3.05) is 39.3 Å². The van der Waals surface area contributed by atoms with Gasteiger partial charge in [0, 0.05) is 63.3 Å². The summed E-state index contributed by atoms with van der Waals surface area (Å²) in [5.41, 5.74) is 1.15. The minimum absolute atomic E-state index is 0.124. The third-order valence-corrected chi connectivity index (χ3v) is 4.69. The first-order valence-electron chi connectivity index (χ1n) is 9.42. The molecule has 1 saturated heterocycles. The molecular formula is C20H29N5O. The van der Waals surface area contributed by atoms with E-state index in [0.717, 1.165) is 50.7 Å². The van der Waals surface area contributed by atoms with Gasteiger partial charge >= 0.3 is 0 Å². The molecule has 0 unspecified atom stereocenters. The van der Waals surface area contributed by atoms with Gasteiger partial charge in [0.2, 0.25) is 5.91 Å². The summed E-state index contributed by atoms with van der Waals surface area (Å²) >= 11 is 0. The number of nitrogens with one attached hydrogen (secondary N) is 1. The van der Waals surface area contributed by atoms with E-state index in [1.54, 1.807) is 0 Å². The van der Waals surface area contributed by atoms with Gasteiger partial charge in [-0.1, -0.05) is 30.3 Å². The van der Waals surface area contributed by atoms with Gasteiger partial charge in [0.25, 0.3) is 0 Å². The predicted octanol–water partition coefficient (Wildman–Crippen LogP) is 1.69. The highest BCUT2D eigenvalue weighted by Crippen LogP contribution is 2.16. The van der Waals surface area contributed by atoms with Gasteiger partial charge < -0.3 is 9.88 Å². The van der Waals surface area contributed by atoms with Crippen molar-refractivity contribution >= 4 is 5.91 Å². The van der Waals surface area contributed by atoms with Gasteiger partial charge in [0.1, 0.15) is 5.82 Å². The molecule has 1 amide bonds. The zero-order valence-corrected chi connectivity index (χ0v) is 15.8. The number of carbonyl (C=O) groups excluding carboxylic acids is 1. The normalized spacial score (nSPS) is 16.1. The lowest BCUT2D eigenvalue weighted by Crippen LogP contribution is -2.50. The third kappa shape index (κ3) is 5.16. The van der Waals surface area contributed by atoms with Crippen molar-refractivity contribution in [3.05, 3.63) is 42.7 Å². The van der Waals surface area contributed by atoms with Crippen LogP contribution in [0.5, 0.6) is 0 Å². The van der Waals surface area contributed by atoms with E-state index in [4.69, 9.17) is 0 Å². The second-order valence-electron chi connectivity index (χ2n) is 7.15. The van der Waals surface area contributed by atoms with E-state index in [1.807, 2.05) is 38.2 Å². The fraction of sp³-hybridized carbons (Fsp3) is 0.500. The molecule has 1 aromatic carbocycles. The third-order valence-electron chi connectivity index (χ3n) is 4.69. The van der Waals surface area contributed by atoms with Crippen LogP contribution in [0.3, 0.4) is 0 Å². The Labute approximate surface area is 155 Å². The summed E-state index contributed by atoms with van der Waals surface area (Å²) in [6, 6.07) is 10.5. The summed E-state index contributed by atoms with van der Waals surface area (Å²) in [6.45, 7) is 10.3. The van der Waals surface area contributed by atoms with E-state index in [1.165, 1.54) is 0 Å². The van der Waals surface area contributed by atoms with Crippen molar-refractivity contribution in [3.8, 4) is 11.4 Å². The molecule has 0 radical (unpaired) electrons. The maximum absolute atomic E-state index is 11.9. The van der Waals surface area contributed by atoms with Gasteiger partial charge in [-0.25, -0.2) is 4.98 Å². The molecule has 0 saturated carbocycles. The molecule has 0 bridgehead atoms. The van der Waals surface area contributed by atoms with Gasteiger partial charge in [-0.05, 0) is 13.8 Å². The molecule has 0 atom stereocenters. The molecule has 6 heteroatoms. The summed E-state index contributed by atoms with van der Waals surface area (Å²) in [7, 11) is 0. The van der Waals surface area contributed by atoms with Crippen LogP contribution in [0.4, 0.5) is 0 Å². The molecule has 6 nitrogen and oxygen atoms in total. The van der Waals surface area contributed by atoms with E-state index < -0.39 is 0 Å². The zero-order chi connectivity index (χ0) is 18.4. The monoisotopic (exact) mass is 355 g/mol. The highest BCUT2D eigenvalue weighted by Gasteiger charge is 2.19. The van der Waals surface area contributed by atoms with Crippen LogP contribution in [0.1, 0.15) is 13.8 Å². The van der Waals surface area contributed by atoms with Crippen molar-refractivity contribution < 1.29 is 4.79 Å². The van der Waals surface area contributed by atoms with Gasteiger partial charge in [0.05, 0.1) is 6.54 Å². The van der Waals surface area contributed by atoms with Crippen LogP contribution >= 0.6 is 0 Å². The van der Waals surface area contributed by atoms with Crippen LogP contribution in [0.2, 0.25) is 0 Å². The number of hydrogen-bond acceptors (Lipinski definition) is 4. The second-order valence-corrected chi connectivity index (χ2v) is 7.15. The smallest absolute Gasteiger partial charge is 0.234 e. The first-order chi connectivity index (χ1) is 12.6. The Morgan fingerprint density at radius 3 is 2.46 bits per heavy atom. The minimum atomic E-state index is 0.124. The van der Waals surface area contributed by atoms with Gasteiger partial charge in [-0.2, -0.15) is 0 Å². The lowest BCUT2D eigenvalue weighted by atomic mass is 10.2. The van der Waals surface area contributed by atoms with E-state index >= 15 is 0 Å². The summed E-state index contributed by atoms with van der Waals surface area (Å²) in [5, 5.41) is 2.96. The number of piperazine rings is 1. The first-order valence-corrected chi connectivity index (χ1v) is 9.42. The number of hydrogen-bond donors (Lipinski definition) is 1. The lowest BCUT2D eigenvalue weighted by Gasteiger charge is -2.34. The average Bonchev–Trinajstić information content (AvgIpc) is 3.10. The maximum Gasteiger partial charge on any atom is 0.234 e. The fourth-order valence-electron chi connectivity index (χ4n) is 3.33. The van der Waals surface area contributed by atoms with Gasteiger partial charge in [0.15, 0.2) is 0 Å². The molecule has 26 heavy (non-hydrogen) atoms. The second kappa shape index (κ2) is 8.96. The predicted molar refractivity (Wildman–Crippen MR) is 104 cm³/mol. The Hall–Kier alpha value is -2.18. The lowest BCUT2D eigenvalue weighted by molar-refractivity contribution is -0.123. The van der Waals surface area contributed by atoms with E-state index in [-0.39, 0.29) is 11.9 Å². The maximum atomic E-state index is 11.9. The molecule has 0 spiro atoms. The Morgan fingerprint density at radius 1 is 1.08 bits per heavy atom. The quantitative estimate of drug-likeness (QED) is 0.821. The molecular weight excluding hydrogens is 326 g/mol. The molecule has 140 valence electrons. The summed E-state index contributed by atoms with van der Waals surface area (Å²) in [4.78, 5) is 21.1. The van der Waals surface area contributed by atoms with Crippen LogP contribution in [0.15, 0.2) is 42.7 Å². The van der Waals surface area contributed by atoms with Crippen LogP contribution in [0, 0.1) is 0 Å². The van der Waals surface area contributed by atoms with Crippen LogP contribution in [0.25, 0.3) is 11.4 Å². The number of nitrogens with zero attached hydrogens (tertiary/aromatic N) is 4. The van der Waals surface area contributed by atoms with E-state index in [9.17, 15) is 4.79 Å². The Balaban J connectivity index is 1.45. The van der Waals surface area contributed by atoms with E-state index in [0.29, 0.717) is 6.54 Å². The number of amides is 1. The van der Waals surface area contributed by atoms with Gasteiger partial charge in [-0.3, -0.25) is 14.6 Å². The molecule has 1 aliphatic rings. The minimum Gasteiger partial charge on any atom is -0.353 e. The van der Waals surface area contributed by atoms with Crippen molar-refractivity contribution in [1.82, 2.24) is 24.7 Å². The van der Waals surface area contributed by atoms with Crippen molar-refractivity contribution in [3.63, 3.8) is 0 Å². The number of imidazole rings is 1. The SMILES string of the molecule is CC(C)NC(=O)CN1CCN(CCn2ccnc2-c2ccccc2)CC1. The molecule has 2 aromatic rings. The standard InChI is InChI=1S/C20H29N5O/c1-17(2)22-19(26)16-24-12-10-23(11-13-24)14-15-25-9-8-21-20(25)18-6-4-3-5-7-18/h3-9,17H,10-16H2,1-2H3,(H,22,26). The number of benzene rings is 1. The Morgan fingerprint density at radius 2 is 1.77 bits per heavy atom. The number of rotatable bonds is 7. The summed E-state index contributed by atoms with van der Waals surface area (Å²) in [5.74, 6) is 1.15. The topological polar surface area (TPSA) is 53.4 Å². The molecule has 0 aliphatic carbocycles. The summed E-state index contributed by atoms with van der Waals surface area (Å²) in [6.07, 6.45) is 3.92.